The van der Waals surface area contributed by atoms with Crippen molar-refractivity contribution in [3.63, 3.8) is 0 Å². The van der Waals surface area contributed by atoms with Crippen molar-refractivity contribution in [2.75, 3.05) is 21.3 Å². The number of likely N-dealkylation sites (N-methyl/N-ethyl adjacent to an activating group) is 1. The number of methoxy groups -OCH3 is 2. The van der Waals surface area contributed by atoms with Crippen LogP contribution in [0.1, 0.15) is 30.0 Å². The molecule has 2 amide bonds. The van der Waals surface area contributed by atoms with Crippen molar-refractivity contribution in [2.45, 2.75) is 39.3 Å². The van der Waals surface area contributed by atoms with Crippen molar-refractivity contribution in [3.05, 3.63) is 59.2 Å². The molecule has 0 saturated carbocycles. The molecule has 0 aliphatic rings. The topological polar surface area (TPSA) is 67.9 Å². The summed E-state index contributed by atoms with van der Waals surface area (Å²) in [7, 11) is 4.75. The molecule has 0 aliphatic heterocycles. The van der Waals surface area contributed by atoms with Crippen LogP contribution >= 0.6 is 0 Å². The third-order valence-corrected chi connectivity index (χ3v) is 4.92. The van der Waals surface area contributed by atoms with Crippen LogP contribution in [-0.2, 0) is 22.6 Å². The highest BCUT2D eigenvalue weighted by Gasteiger charge is 2.25. The van der Waals surface area contributed by atoms with Crippen LogP contribution in [0.5, 0.6) is 11.5 Å². The first kappa shape index (κ1) is 22.3. The number of ether oxygens (including phenoxy) is 2. The molecule has 0 radical (unpaired) electrons. The number of rotatable bonds is 9. The third kappa shape index (κ3) is 5.98. The first-order valence-corrected chi connectivity index (χ1v) is 9.67. The lowest BCUT2D eigenvalue weighted by Gasteiger charge is -2.28. The fourth-order valence-electron chi connectivity index (χ4n) is 3.23. The summed E-state index contributed by atoms with van der Waals surface area (Å²) in [5.41, 5.74) is 3.09. The van der Waals surface area contributed by atoms with Gasteiger partial charge in [0.15, 0.2) is 11.5 Å². The molecule has 0 saturated heterocycles. The molecular weight excluding hydrogens is 368 g/mol. The van der Waals surface area contributed by atoms with Gasteiger partial charge < -0.3 is 19.7 Å². The van der Waals surface area contributed by atoms with Crippen LogP contribution in [0.15, 0.2) is 42.5 Å². The summed E-state index contributed by atoms with van der Waals surface area (Å²) in [5.74, 6) is 1.03. The van der Waals surface area contributed by atoms with Crippen LogP contribution in [0.2, 0.25) is 0 Å². The Morgan fingerprint density at radius 1 is 1.03 bits per heavy atom. The summed E-state index contributed by atoms with van der Waals surface area (Å²) in [6.45, 7) is 4.15. The molecule has 156 valence electrons. The number of nitrogens with one attached hydrogen (secondary N) is 1. The van der Waals surface area contributed by atoms with E-state index in [1.165, 1.54) is 0 Å². The summed E-state index contributed by atoms with van der Waals surface area (Å²) in [6.07, 6.45) is 0.840. The van der Waals surface area contributed by atoms with Gasteiger partial charge in [0.1, 0.15) is 6.04 Å². The molecule has 2 rings (SSSR count). The van der Waals surface area contributed by atoms with E-state index in [2.05, 4.69) is 5.32 Å². The predicted molar refractivity (Wildman–Crippen MR) is 113 cm³/mol. The zero-order valence-electron chi connectivity index (χ0n) is 17.8. The summed E-state index contributed by atoms with van der Waals surface area (Å²) >= 11 is 0. The number of benzene rings is 2. The summed E-state index contributed by atoms with van der Waals surface area (Å²) in [4.78, 5) is 26.9. The van der Waals surface area contributed by atoms with Gasteiger partial charge in [0.05, 0.1) is 14.2 Å². The van der Waals surface area contributed by atoms with Crippen LogP contribution in [0.4, 0.5) is 0 Å². The molecule has 0 bridgehead atoms. The normalized spacial score (nSPS) is 11.5. The average molecular weight is 399 g/mol. The molecule has 2 aromatic rings. The molecule has 6 heteroatoms. The van der Waals surface area contributed by atoms with Crippen molar-refractivity contribution in [2.24, 2.45) is 0 Å². The molecule has 0 heterocycles. The molecule has 2 aromatic carbocycles. The highest BCUT2D eigenvalue weighted by Crippen LogP contribution is 2.28. The van der Waals surface area contributed by atoms with Crippen LogP contribution < -0.4 is 14.8 Å². The van der Waals surface area contributed by atoms with Crippen molar-refractivity contribution in [1.29, 1.82) is 0 Å². The predicted octanol–water partition coefficient (Wildman–Crippen LogP) is 3.11. The Morgan fingerprint density at radius 2 is 1.76 bits per heavy atom. The third-order valence-electron chi connectivity index (χ3n) is 4.92. The van der Waals surface area contributed by atoms with Gasteiger partial charge in [-0.1, -0.05) is 35.9 Å². The molecule has 1 atom stereocenters. The Morgan fingerprint density at radius 3 is 2.38 bits per heavy atom. The fraction of sp³-hybridized carbons (Fsp3) is 0.391. The van der Waals surface area contributed by atoms with E-state index in [0.29, 0.717) is 30.9 Å². The Hall–Kier alpha value is -3.02. The van der Waals surface area contributed by atoms with Crippen molar-refractivity contribution in [1.82, 2.24) is 10.2 Å². The number of aryl methyl sites for hydroxylation is 2. The Balaban J connectivity index is 2.15. The molecule has 1 N–H and O–H groups in total. The Bertz CT molecular complexity index is 851. The average Bonchev–Trinajstić information content (AvgIpc) is 2.74. The number of carbonyl (C=O) groups is 2. The van der Waals surface area contributed by atoms with Gasteiger partial charge in [0.2, 0.25) is 11.8 Å². The highest BCUT2D eigenvalue weighted by atomic mass is 16.5. The zero-order valence-corrected chi connectivity index (χ0v) is 17.8. The van der Waals surface area contributed by atoms with E-state index in [4.69, 9.17) is 9.47 Å². The minimum atomic E-state index is -0.557. The minimum absolute atomic E-state index is 0.0719. The number of nitrogens with zero attached hydrogens (tertiary/aromatic N) is 1. The quantitative estimate of drug-likeness (QED) is 0.705. The Kier molecular flexibility index (Phi) is 8.07. The van der Waals surface area contributed by atoms with E-state index in [0.717, 1.165) is 16.7 Å². The SMILES string of the molecule is CNC(=O)C(C)N(Cc1cccc(C)c1)C(=O)CCc1ccc(OC)c(OC)c1. The first-order valence-electron chi connectivity index (χ1n) is 9.67. The maximum atomic E-state index is 13.0. The van der Waals surface area contributed by atoms with Gasteiger partial charge in [0.25, 0.3) is 0 Å². The first-order chi connectivity index (χ1) is 13.9. The lowest BCUT2D eigenvalue weighted by Crippen LogP contribution is -2.46. The van der Waals surface area contributed by atoms with E-state index >= 15 is 0 Å². The van der Waals surface area contributed by atoms with Crippen LogP contribution in [0.3, 0.4) is 0 Å². The number of carbonyl (C=O) groups excluding carboxylic acids is 2. The standard InChI is InChI=1S/C23H30N2O4/c1-16-7-6-8-19(13-16)15-25(17(2)23(27)24-3)22(26)12-10-18-9-11-20(28-4)21(14-18)29-5/h6-9,11,13-14,17H,10,12,15H2,1-5H3,(H,24,27). The van der Waals surface area contributed by atoms with Crippen molar-refractivity contribution in [3.8, 4) is 11.5 Å². The zero-order chi connectivity index (χ0) is 21.4. The minimum Gasteiger partial charge on any atom is -0.493 e. The second kappa shape index (κ2) is 10.5. The molecule has 0 spiro atoms. The monoisotopic (exact) mass is 398 g/mol. The second-order valence-corrected chi connectivity index (χ2v) is 6.99. The number of amides is 2. The van der Waals surface area contributed by atoms with E-state index < -0.39 is 6.04 Å². The smallest absolute Gasteiger partial charge is 0.242 e. The van der Waals surface area contributed by atoms with E-state index in [9.17, 15) is 9.59 Å². The van der Waals surface area contributed by atoms with Gasteiger partial charge in [-0.25, -0.2) is 0 Å². The maximum absolute atomic E-state index is 13.0. The van der Waals surface area contributed by atoms with Crippen molar-refractivity contribution >= 4 is 11.8 Å². The molecule has 0 aromatic heterocycles. The lowest BCUT2D eigenvalue weighted by molar-refractivity contribution is -0.140. The molecule has 0 fully saturated rings. The molecular formula is C23H30N2O4. The van der Waals surface area contributed by atoms with Crippen LogP contribution in [-0.4, -0.2) is 44.0 Å². The highest BCUT2D eigenvalue weighted by molar-refractivity contribution is 5.87. The summed E-state index contributed by atoms with van der Waals surface area (Å²) in [6, 6.07) is 13.0. The van der Waals surface area contributed by atoms with Gasteiger partial charge in [0, 0.05) is 20.0 Å². The molecule has 6 nitrogen and oxygen atoms in total. The van der Waals surface area contributed by atoms with Gasteiger partial charge >= 0.3 is 0 Å². The second-order valence-electron chi connectivity index (χ2n) is 6.99. The van der Waals surface area contributed by atoms with Gasteiger partial charge in [-0.15, -0.1) is 0 Å². The van der Waals surface area contributed by atoms with Gasteiger partial charge in [-0.3, -0.25) is 9.59 Å². The van der Waals surface area contributed by atoms with Gasteiger partial charge in [-0.2, -0.15) is 0 Å². The van der Waals surface area contributed by atoms with E-state index in [1.807, 2.05) is 49.4 Å². The van der Waals surface area contributed by atoms with E-state index in [1.54, 1.807) is 33.1 Å². The summed E-state index contributed by atoms with van der Waals surface area (Å²) in [5, 5.41) is 2.64. The number of hydrogen-bond donors (Lipinski definition) is 1. The molecule has 0 aliphatic carbocycles. The molecule has 29 heavy (non-hydrogen) atoms. The molecule has 1 unspecified atom stereocenters. The summed E-state index contributed by atoms with van der Waals surface area (Å²) < 4.78 is 10.6. The maximum Gasteiger partial charge on any atom is 0.242 e. The van der Waals surface area contributed by atoms with E-state index in [-0.39, 0.29) is 11.8 Å². The van der Waals surface area contributed by atoms with Gasteiger partial charge in [-0.05, 0) is 43.5 Å². The van der Waals surface area contributed by atoms with Crippen molar-refractivity contribution < 1.29 is 19.1 Å². The lowest BCUT2D eigenvalue weighted by atomic mass is 10.1. The largest absolute Gasteiger partial charge is 0.493 e. The van der Waals surface area contributed by atoms with Crippen LogP contribution in [0.25, 0.3) is 0 Å². The fourth-order valence-corrected chi connectivity index (χ4v) is 3.23. The Labute approximate surface area is 172 Å². The number of hydrogen-bond acceptors (Lipinski definition) is 4. The van der Waals surface area contributed by atoms with Crippen LogP contribution in [0, 0.1) is 6.92 Å².